The van der Waals surface area contributed by atoms with E-state index in [1.807, 2.05) is 0 Å². The van der Waals surface area contributed by atoms with Gasteiger partial charge in [0.25, 0.3) is 0 Å². The summed E-state index contributed by atoms with van der Waals surface area (Å²) < 4.78 is 4.12. The maximum atomic E-state index is 2.64. The molecule has 0 amide bonds. The van der Waals surface area contributed by atoms with Gasteiger partial charge in [0, 0.05) is 0 Å². The quantitative estimate of drug-likeness (QED) is 0.469. The van der Waals surface area contributed by atoms with Gasteiger partial charge in [-0.1, -0.05) is 0 Å². The Morgan fingerprint density at radius 2 is 0.824 bits per heavy atom. The summed E-state index contributed by atoms with van der Waals surface area (Å²) in [5.41, 5.74) is 0. The van der Waals surface area contributed by atoms with Crippen molar-refractivity contribution in [2.24, 2.45) is 0 Å². The van der Waals surface area contributed by atoms with Crippen LogP contribution in [-0.4, -0.2) is 36.8 Å². The molecule has 0 nitrogen and oxygen atoms in total. The van der Waals surface area contributed by atoms with Gasteiger partial charge in [-0.2, -0.15) is 0 Å². The maximum absolute atomic E-state index is 2.64. The minimum atomic E-state index is -1.83. The molecular formula is C15H32Sn2. The minimum absolute atomic E-state index is 1.48. The van der Waals surface area contributed by atoms with Crippen LogP contribution < -0.4 is 0 Å². The molecule has 0 spiro atoms. The van der Waals surface area contributed by atoms with Crippen molar-refractivity contribution < 1.29 is 0 Å². The van der Waals surface area contributed by atoms with Crippen LogP contribution in [0.4, 0.5) is 0 Å². The first-order chi connectivity index (χ1) is 7.73. The van der Waals surface area contributed by atoms with Gasteiger partial charge in [0.2, 0.25) is 0 Å². The number of rotatable bonds is 2. The van der Waals surface area contributed by atoms with Crippen LogP contribution in [0.3, 0.4) is 0 Å². The summed E-state index contributed by atoms with van der Waals surface area (Å²) in [5, 5.41) is 0. The third-order valence-corrected chi connectivity index (χ3v) is 19.6. The molecule has 2 heteroatoms. The molecule has 0 aromatic heterocycles. The average molecular weight is 450 g/mol. The fourth-order valence-corrected chi connectivity index (χ4v) is 28.6. The predicted octanol–water partition coefficient (Wildman–Crippen LogP) is 5.78. The van der Waals surface area contributed by atoms with Gasteiger partial charge in [-0.25, -0.2) is 0 Å². The van der Waals surface area contributed by atoms with Gasteiger partial charge in [0.15, 0.2) is 0 Å². The molecule has 0 saturated carbocycles. The van der Waals surface area contributed by atoms with Gasteiger partial charge in [-0.15, -0.1) is 0 Å². The fourth-order valence-electron chi connectivity index (χ4n) is 3.09. The molecule has 0 N–H and O–H groups in total. The molecule has 0 bridgehead atoms. The van der Waals surface area contributed by atoms with E-state index in [0.29, 0.717) is 0 Å². The van der Waals surface area contributed by atoms with Crippen molar-refractivity contribution in [1.82, 2.24) is 0 Å². The van der Waals surface area contributed by atoms with Crippen molar-refractivity contribution in [3.05, 3.63) is 7.18 Å². The van der Waals surface area contributed by atoms with E-state index >= 15 is 0 Å². The Morgan fingerprint density at radius 3 is 1.12 bits per heavy atom. The molecule has 17 heavy (non-hydrogen) atoms. The van der Waals surface area contributed by atoms with Crippen LogP contribution in [0.15, 0.2) is 7.18 Å². The first-order valence-corrected chi connectivity index (χ1v) is 27.4. The Hall–Kier alpha value is 1.34. The third-order valence-electron chi connectivity index (χ3n) is 4.03. The van der Waals surface area contributed by atoms with E-state index in [0.717, 1.165) is 0 Å². The number of hydrogen-bond acceptors (Lipinski definition) is 0. The van der Waals surface area contributed by atoms with Gasteiger partial charge < -0.3 is 0 Å². The van der Waals surface area contributed by atoms with E-state index in [9.17, 15) is 0 Å². The van der Waals surface area contributed by atoms with Gasteiger partial charge in [-0.05, 0) is 0 Å². The predicted molar refractivity (Wildman–Crippen MR) is 86.0 cm³/mol. The Labute approximate surface area is 117 Å². The monoisotopic (exact) mass is 452 g/mol. The summed E-state index contributed by atoms with van der Waals surface area (Å²) in [4.78, 5) is 15.8. The first-order valence-electron chi connectivity index (χ1n) is 7.46. The summed E-state index contributed by atoms with van der Waals surface area (Å²) in [6.45, 7) is 0. The molecule has 1 aliphatic rings. The zero-order chi connectivity index (χ0) is 13.1. The molecule has 100 valence electrons. The Kier molecular flexibility index (Phi) is 6.43. The van der Waals surface area contributed by atoms with E-state index < -0.39 is 36.8 Å². The molecule has 1 aliphatic carbocycles. The van der Waals surface area contributed by atoms with Crippen LogP contribution in [-0.2, 0) is 0 Å². The normalized spacial score (nSPS) is 25.1. The van der Waals surface area contributed by atoms with Gasteiger partial charge in [-0.3, -0.25) is 0 Å². The zero-order valence-corrected chi connectivity index (χ0v) is 18.7. The van der Waals surface area contributed by atoms with E-state index in [4.69, 9.17) is 0 Å². The van der Waals surface area contributed by atoms with Crippen LogP contribution in [0, 0.1) is 0 Å². The molecule has 0 heterocycles. The average Bonchev–Trinajstić information content (AvgIpc) is 2.25. The van der Waals surface area contributed by atoms with Crippen LogP contribution in [0.1, 0.15) is 44.9 Å². The topological polar surface area (TPSA) is 0 Å². The molecule has 0 radical (unpaired) electrons. The van der Waals surface area contributed by atoms with Crippen molar-refractivity contribution in [3.8, 4) is 0 Å². The summed E-state index contributed by atoms with van der Waals surface area (Å²) in [7, 11) is 0. The van der Waals surface area contributed by atoms with Crippen LogP contribution >= 0.6 is 0 Å². The van der Waals surface area contributed by atoms with Gasteiger partial charge in [0.1, 0.15) is 0 Å². The van der Waals surface area contributed by atoms with Crippen molar-refractivity contribution in [3.63, 3.8) is 0 Å². The number of allylic oxidation sites excluding steroid dienone is 2. The Morgan fingerprint density at radius 1 is 0.529 bits per heavy atom. The summed E-state index contributed by atoms with van der Waals surface area (Å²) in [5.74, 6) is 0. The molecule has 0 aromatic carbocycles. The van der Waals surface area contributed by atoms with Crippen LogP contribution in [0.25, 0.3) is 0 Å². The molecule has 0 fully saturated rings. The van der Waals surface area contributed by atoms with Crippen LogP contribution in [0.5, 0.6) is 0 Å². The number of hydrogen-bond donors (Lipinski definition) is 0. The standard InChI is InChI=1S/C9H14.6CH3.2Sn/c1-2-4-6-8-9-7-5-3-1;;;;;;;;/h1-7H2;6*1H3;;. The Bertz CT molecular complexity index is 248. The second-order valence-corrected chi connectivity index (χ2v) is 36.9. The fraction of sp³-hybridized carbons (Fsp3) is 0.867. The van der Waals surface area contributed by atoms with E-state index in [2.05, 4.69) is 36.8 Å². The zero-order valence-electron chi connectivity index (χ0n) is 12.9. The molecule has 0 aromatic rings. The molecular weight excluding hydrogens is 418 g/mol. The van der Waals surface area contributed by atoms with E-state index in [1.165, 1.54) is 44.9 Å². The molecule has 0 aliphatic heterocycles. The first kappa shape index (κ1) is 16.4. The Balaban J connectivity index is 3.11. The SMILES string of the molecule is [CH3][Sn]([CH3])([CH3])/[C]1=[C](\[Sn]([CH3])([CH3])[CH3])CCCCCCC1. The van der Waals surface area contributed by atoms with Crippen molar-refractivity contribution in [2.75, 3.05) is 0 Å². The van der Waals surface area contributed by atoms with Gasteiger partial charge >= 0.3 is 119 Å². The molecule has 0 saturated heterocycles. The second kappa shape index (κ2) is 6.67. The van der Waals surface area contributed by atoms with E-state index in [-0.39, 0.29) is 0 Å². The van der Waals surface area contributed by atoms with E-state index in [1.54, 1.807) is 0 Å². The van der Waals surface area contributed by atoms with Crippen molar-refractivity contribution in [1.29, 1.82) is 0 Å². The third kappa shape index (κ3) is 5.46. The summed E-state index contributed by atoms with van der Waals surface area (Å²) in [6.07, 6.45) is 10.4. The summed E-state index contributed by atoms with van der Waals surface area (Å²) in [6, 6.07) is 0. The molecule has 1 rings (SSSR count). The van der Waals surface area contributed by atoms with Crippen LogP contribution in [0.2, 0.25) is 29.6 Å². The van der Waals surface area contributed by atoms with Crippen molar-refractivity contribution >= 4 is 36.8 Å². The molecule has 0 unspecified atom stereocenters. The second-order valence-electron chi connectivity index (χ2n) is 7.72. The van der Waals surface area contributed by atoms with Crippen molar-refractivity contribution in [2.45, 2.75) is 74.6 Å². The molecule has 0 atom stereocenters. The van der Waals surface area contributed by atoms with Gasteiger partial charge in [0.05, 0.1) is 0 Å². The summed E-state index contributed by atoms with van der Waals surface area (Å²) >= 11 is -3.66.